The Hall–Kier alpha value is -2.70. The van der Waals surface area contributed by atoms with Gasteiger partial charge in [0.05, 0.1) is 6.10 Å². The third kappa shape index (κ3) is 4.93. The van der Waals surface area contributed by atoms with E-state index in [0.29, 0.717) is 17.5 Å². The second-order valence-corrected chi connectivity index (χ2v) is 6.63. The zero-order chi connectivity index (χ0) is 19.2. The van der Waals surface area contributed by atoms with Crippen molar-refractivity contribution in [2.24, 2.45) is 0 Å². The van der Waals surface area contributed by atoms with E-state index in [1.807, 2.05) is 36.4 Å². The fourth-order valence-corrected chi connectivity index (χ4v) is 3.11. The topological polar surface area (TPSA) is 95.9 Å². The minimum Gasteiger partial charge on any atom is -0.445 e. The molecule has 0 aromatic heterocycles. The standard InChI is InChI=1S/C21H23NO5/c23-18-9-8-15-6-7-16(12-17(15)18)20(25)19(24)10-11-22-21(26)27-13-14-4-2-1-3-5-14/h1-7,12,19-20,24-25H,8-11,13H2,(H,22,26). The first-order valence-electron chi connectivity index (χ1n) is 9.01. The van der Waals surface area contributed by atoms with Crippen LogP contribution in [0, 0.1) is 0 Å². The molecule has 0 radical (unpaired) electrons. The minimum atomic E-state index is -1.12. The van der Waals surface area contributed by atoms with Crippen LogP contribution in [0.15, 0.2) is 48.5 Å². The predicted octanol–water partition coefficient (Wildman–Crippen LogP) is 2.53. The molecule has 0 saturated carbocycles. The molecule has 0 spiro atoms. The number of aliphatic hydroxyl groups is 2. The van der Waals surface area contributed by atoms with Crippen LogP contribution in [-0.4, -0.2) is 34.7 Å². The lowest BCUT2D eigenvalue weighted by atomic mass is 9.98. The molecule has 1 aliphatic rings. The molecular weight excluding hydrogens is 346 g/mol. The van der Waals surface area contributed by atoms with E-state index >= 15 is 0 Å². The van der Waals surface area contributed by atoms with Gasteiger partial charge in [-0.3, -0.25) is 4.79 Å². The first kappa shape index (κ1) is 19.1. The number of ketones is 1. The molecule has 3 rings (SSSR count). The number of ether oxygens (including phenoxy) is 1. The molecule has 0 heterocycles. The van der Waals surface area contributed by atoms with E-state index in [-0.39, 0.29) is 25.4 Å². The van der Waals surface area contributed by atoms with Gasteiger partial charge in [-0.15, -0.1) is 0 Å². The van der Waals surface area contributed by atoms with Crippen LogP contribution in [0.4, 0.5) is 4.79 Å². The van der Waals surface area contributed by atoms with Gasteiger partial charge in [-0.1, -0.05) is 42.5 Å². The van der Waals surface area contributed by atoms with Gasteiger partial charge in [-0.25, -0.2) is 4.79 Å². The molecule has 0 fully saturated rings. The van der Waals surface area contributed by atoms with Crippen LogP contribution in [0.5, 0.6) is 0 Å². The highest BCUT2D eigenvalue weighted by Gasteiger charge is 2.24. The summed E-state index contributed by atoms with van der Waals surface area (Å²) in [5.74, 6) is 0.0661. The molecular formula is C21H23NO5. The van der Waals surface area contributed by atoms with Crippen molar-refractivity contribution in [1.29, 1.82) is 0 Å². The van der Waals surface area contributed by atoms with E-state index in [0.717, 1.165) is 17.5 Å². The summed E-state index contributed by atoms with van der Waals surface area (Å²) in [5, 5.41) is 23.1. The van der Waals surface area contributed by atoms with Crippen LogP contribution < -0.4 is 5.32 Å². The fraction of sp³-hybridized carbons (Fsp3) is 0.333. The third-order valence-corrected chi connectivity index (χ3v) is 4.68. The van der Waals surface area contributed by atoms with Crippen molar-refractivity contribution in [2.45, 2.75) is 38.1 Å². The number of fused-ring (bicyclic) bond motifs is 1. The molecule has 1 amide bonds. The maximum Gasteiger partial charge on any atom is 0.407 e. The second kappa shape index (κ2) is 8.79. The largest absolute Gasteiger partial charge is 0.445 e. The van der Waals surface area contributed by atoms with E-state index in [4.69, 9.17) is 4.74 Å². The SMILES string of the molecule is O=C(NCCC(O)C(O)c1ccc2c(c1)C(=O)CC2)OCc1ccccc1. The summed E-state index contributed by atoms with van der Waals surface area (Å²) >= 11 is 0. The van der Waals surface area contributed by atoms with Gasteiger partial charge in [-0.2, -0.15) is 0 Å². The van der Waals surface area contributed by atoms with Crippen molar-refractivity contribution in [3.05, 3.63) is 70.8 Å². The molecule has 2 aromatic carbocycles. The lowest BCUT2D eigenvalue weighted by Gasteiger charge is -2.19. The van der Waals surface area contributed by atoms with Crippen molar-refractivity contribution >= 4 is 11.9 Å². The fourth-order valence-electron chi connectivity index (χ4n) is 3.11. The number of hydrogen-bond acceptors (Lipinski definition) is 5. The highest BCUT2D eigenvalue weighted by Crippen LogP contribution is 2.27. The Morgan fingerprint density at radius 2 is 1.89 bits per heavy atom. The van der Waals surface area contributed by atoms with Crippen molar-refractivity contribution in [3.63, 3.8) is 0 Å². The maximum absolute atomic E-state index is 11.8. The van der Waals surface area contributed by atoms with Crippen LogP contribution >= 0.6 is 0 Å². The number of amides is 1. The van der Waals surface area contributed by atoms with E-state index in [2.05, 4.69) is 5.32 Å². The molecule has 0 bridgehead atoms. The number of carbonyl (C=O) groups excluding carboxylic acids is 2. The van der Waals surface area contributed by atoms with Crippen LogP contribution in [-0.2, 0) is 17.8 Å². The number of Topliss-reactive ketones (excluding diaryl/α,β-unsaturated/α-hetero) is 1. The van der Waals surface area contributed by atoms with Crippen molar-refractivity contribution in [1.82, 2.24) is 5.32 Å². The number of aliphatic hydroxyl groups excluding tert-OH is 2. The Balaban J connectivity index is 1.43. The van der Waals surface area contributed by atoms with Crippen molar-refractivity contribution in [2.75, 3.05) is 6.54 Å². The van der Waals surface area contributed by atoms with E-state index in [9.17, 15) is 19.8 Å². The van der Waals surface area contributed by atoms with Gasteiger partial charge < -0.3 is 20.3 Å². The summed E-state index contributed by atoms with van der Waals surface area (Å²) in [4.78, 5) is 23.5. The number of hydrogen-bond donors (Lipinski definition) is 3. The minimum absolute atomic E-state index is 0.0661. The Morgan fingerprint density at radius 1 is 1.11 bits per heavy atom. The van der Waals surface area contributed by atoms with Crippen LogP contribution in [0.3, 0.4) is 0 Å². The molecule has 6 nitrogen and oxygen atoms in total. The number of aryl methyl sites for hydroxylation is 1. The molecule has 142 valence electrons. The van der Waals surface area contributed by atoms with Gasteiger partial charge in [0.1, 0.15) is 12.7 Å². The molecule has 1 aliphatic carbocycles. The molecule has 2 unspecified atom stereocenters. The lowest BCUT2D eigenvalue weighted by molar-refractivity contribution is 0.0136. The average molecular weight is 369 g/mol. The summed E-state index contributed by atoms with van der Waals surface area (Å²) in [6.07, 6.45) is -1.38. The highest BCUT2D eigenvalue weighted by molar-refractivity contribution is 6.00. The van der Waals surface area contributed by atoms with Gasteiger partial charge >= 0.3 is 6.09 Å². The quantitative estimate of drug-likeness (QED) is 0.697. The first-order chi connectivity index (χ1) is 13.0. The second-order valence-electron chi connectivity index (χ2n) is 6.63. The molecule has 0 saturated heterocycles. The van der Waals surface area contributed by atoms with E-state index in [1.54, 1.807) is 12.1 Å². The van der Waals surface area contributed by atoms with Crippen LogP contribution in [0.1, 0.15) is 46.0 Å². The summed E-state index contributed by atoms with van der Waals surface area (Å²) in [7, 11) is 0. The van der Waals surface area contributed by atoms with Crippen molar-refractivity contribution in [3.8, 4) is 0 Å². The normalized spacial score (nSPS) is 15.1. The Kier molecular flexibility index (Phi) is 6.21. The zero-order valence-corrected chi connectivity index (χ0v) is 14.9. The Morgan fingerprint density at radius 3 is 2.67 bits per heavy atom. The Bertz CT molecular complexity index is 805. The van der Waals surface area contributed by atoms with Gasteiger partial charge in [0.2, 0.25) is 0 Å². The number of benzene rings is 2. The molecule has 2 aromatic rings. The predicted molar refractivity (Wildman–Crippen MR) is 99.3 cm³/mol. The molecule has 3 N–H and O–H groups in total. The van der Waals surface area contributed by atoms with E-state index < -0.39 is 18.3 Å². The highest BCUT2D eigenvalue weighted by atomic mass is 16.5. The lowest BCUT2D eigenvalue weighted by Crippen LogP contribution is -2.29. The zero-order valence-electron chi connectivity index (χ0n) is 14.9. The molecule has 2 atom stereocenters. The summed E-state index contributed by atoms with van der Waals surface area (Å²) in [6.45, 7) is 0.330. The summed E-state index contributed by atoms with van der Waals surface area (Å²) < 4.78 is 5.09. The number of nitrogens with one attached hydrogen (secondary N) is 1. The van der Waals surface area contributed by atoms with Crippen LogP contribution in [0.2, 0.25) is 0 Å². The number of carbonyl (C=O) groups is 2. The molecule has 6 heteroatoms. The van der Waals surface area contributed by atoms with Crippen molar-refractivity contribution < 1.29 is 24.5 Å². The molecule has 27 heavy (non-hydrogen) atoms. The van der Waals surface area contributed by atoms with Gasteiger partial charge in [-0.05, 0) is 35.6 Å². The third-order valence-electron chi connectivity index (χ3n) is 4.68. The monoisotopic (exact) mass is 369 g/mol. The van der Waals surface area contributed by atoms with E-state index in [1.165, 1.54) is 0 Å². The number of alkyl carbamates (subject to hydrolysis) is 1. The van der Waals surface area contributed by atoms with Gasteiger partial charge in [0.25, 0.3) is 0 Å². The Labute approximate surface area is 157 Å². The first-order valence-corrected chi connectivity index (χ1v) is 9.01. The summed E-state index contributed by atoms with van der Waals surface area (Å²) in [6, 6.07) is 14.5. The smallest absolute Gasteiger partial charge is 0.407 e. The van der Waals surface area contributed by atoms with Gasteiger partial charge in [0, 0.05) is 18.5 Å². The number of rotatable bonds is 7. The maximum atomic E-state index is 11.8. The molecule has 0 aliphatic heterocycles. The summed E-state index contributed by atoms with van der Waals surface area (Å²) in [5.41, 5.74) is 2.99. The van der Waals surface area contributed by atoms with Crippen LogP contribution in [0.25, 0.3) is 0 Å². The average Bonchev–Trinajstić information content (AvgIpc) is 3.07. The van der Waals surface area contributed by atoms with Gasteiger partial charge in [0.15, 0.2) is 5.78 Å².